The van der Waals surface area contributed by atoms with Gasteiger partial charge in [0.2, 0.25) is 11.8 Å². The summed E-state index contributed by atoms with van der Waals surface area (Å²) in [6.07, 6.45) is 6.17. The molecule has 0 saturated heterocycles. The summed E-state index contributed by atoms with van der Waals surface area (Å²) in [5, 5.41) is 7.73. The third kappa shape index (κ3) is 9.54. The van der Waals surface area contributed by atoms with E-state index in [-0.39, 0.29) is 30.6 Å². The summed E-state index contributed by atoms with van der Waals surface area (Å²) in [7, 11) is 0. The second-order valence-corrected chi connectivity index (χ2v) is 11.7. The number of ether oxygens (including phenoxy) is 1. The van der Waals surface area contributed by atoms with E-state index in [1.165, 1.54) is 17.4 Å². The molecule has 1 aromatic heterocycles. The molecule has 1 atom stereocenters. The van der Waals surface area contributed by atoms with Gasteiger partial charge in [0.05, 0.1) is 6.42 Å². The molecule has 0 fully saturated rings. The Bertz CT molecular complexity index is 1290. The van der Waals surface area contributed by atoms with Crippen LogP contribution in [0.15, 0.2) is 60.0 Å². The molecule has 7 nitrogen and oxygen atoms in total. The van der Waals surface area contributed by atoms with E-state index in [0.717, 1.165) is 56.3 Å². The van der Waals surface area contributed by atoms with E-state index < -0.39 is 0 Å². The van der Waals surface area contributed by atoms with Crippen molar-refractivity contribution in [1.29, 1.82) is 0 Å². The van der Waals surface area contributed by atoms with Crippen molar-refractivity contribution in [3.8, 4) is 5.75 Å². The molecule has 1 heterocycles. The molecule has 0 unspecified atom stereocenters. The normalized spacial score (nSPS) is 14.4. The lowest BCUT2D eigenvalue weighted by Gasteiger charge is -2.35. The zero-order chi connectivity index (χ0) is 29.0. The van der Waals surface area contributed by atoms with Gasteiger partial charge in [0.15, 0.2) is 0 Å². The summed E-state index contributed by atoms with van der Waals surface area (Å²) in [4.78, 5) is 40.1. The minimum Gasteiger partial charge on any atom is -0.426 e. The fraction of sp³-hybridized carbons (Fsp3) is 0.424. The lowest BCUT2D eigenvalue weighted by Crippen LogP contribution is -2.41. The van der Waals surface area contributed by atoms with Crippen LogP contribution in [0.25, 0.3) is 0 Å². The van der Waals surface area contributed by atoms with Gasteiger partial charge in [0, 0.05) is 43.0 Å². The minimum absolute atomic E-state index is 0.107. The topological polar surface area (TPSA) is 87.7 Å². The van der Waals surface area contributed by atoms with E-state index in [4.69, 9.17) is 4.74 Å². The summed E-state index contributed by atoms with van der Waals surface area (Å²) >= 11 is 1.83. The van der Waals surface area contributed by atoms with Crippen molar-refractivity contribution in [1.82, 2.24) is 10.2 Å². The molecule has 0 aliphatic heterocycles. The first kappa shape index (κ1) is 30.5. The monoisotopic (exact) mass is 575 g/mol. The molecule has 2 amide bonds. The maximum Gasteiger partial charge on any atom is 0.311 e. The van der Waals surface area contributed by atoms with Crippen molar-refractivity contribution in [2.75, 3.05) is 25.0 Å². The number of amides is 2. The van der Waals surface area contributed by atoms with Gasteiger partial charge in [-0.15, -0.1) is 11.3 Å². The van der Waals surface area contributed by atoms with Crippen molar-refractivity contribution >= 4 is 34.8 Å². The Morgan fingerprint density at radius 3 is 2.61 bits per heavy atom. The third-order valence-electron chi connectivity index (χ3n) is 7.41. The number of nitrogens with one attached hydrogen (secondary N) is 2. The van der Waals surface area contributed by atoms with Crippen molar-refractivity contribution in [3.05, 3.63) is 81.5 Å². The van der Waals surface area contributed by atoms with Gasteiger partial charge in [-0.3, -0.25) is 19.3 Å². The fourth-order valence-electron chi connectivity index (χ4n) is 5.42. The second kappa shape index (κ2) is 15.5. The van der Waals surface area contributed by atoms with Gasteiger partial charge in [-0.2, -0.15) is 0 Å². The predicted octanol–water partition coefficient (Wildman–Crippen LogP) is 5.56. The van der Waals surface area contributed by atoms with E-state index >= 15 is 0 Å². The summed E-state index contributed by atoms with van der Waals surface area (Å²) in [6.45, 7) is 6.28. The molecule has 8 heteroatoms. The Labute approximate surface area is 247 Å². The van der Waals surface area contributed by atoms with Crippen LogP contribution in [0.1, 0.15) is 61.1 Å². The molecule has 0 saturated carbocycles. The standard InChI is InChI=1S/C33H41N3O4S/c1-3-19-36(20-17-29-8-6-21-41-29)28-15-16-30-26(23-28)7-4-9-31(30)40-33(39)10-5-18-34-32(38)22-25-11-13-27(14-12-25)35-24(2)37/h4,6-9,11-14,21,28H,3,5,10,15-20,22-23H2,1-2H3,(H,34,38)(H,35,37)/t28-/m0/s1. The van der Waals surface area contributed by atoms with Gasteiger partial charge in [-0.05, 0) is 91.4 Å². The highest BCUT2D eigenvalue weighted by Gasteiger charge is 2.26. The fourth-order valence-corrected chi connectivity index (χ4v) is 6.12. The zero-order valence-electron chi connectivity index (χ0n) is 24.1. The number of benzene rings is 2. The van der Waals surface area contributed by atoms with Gasteiger partial charge in [-0.25, -0.2) is 0 Å². The molecule has 0 bridgehead atoms. The van der Waals surface area contributed by atoms with Gasteiger partial charge in [0.1, 0.15) is 5.75 Å². The quantitative estimate of drug-likeness (QED) is 0.149. The van der Waals surface area contributed by atoms with Crippen LogP contribution in [0, 0.1) is 0 Å². The Morgan fingerprint density at radius 1 is 1.05 bits per heavy atom. The second-order valence-electron chi connectivity index (χ2n) is 10.6. The Balaban J connectivity index is 1.21. The zero-order valence-corrected chi connectivity index (χ0v) is 24.9. The number of esters is 1. The number of hydrogen-bond donors (Lipinski definition) is 2. The average Bonchev–Trinajstić information content (AvgIpc) is 3.48. The van der Waals surface area contributed by atoms with Crippen LogP contribution >= 0.6 is 11.3 Å². The number of carbonyl (C=O) groups is 3. The van der Waals surface area contributed by atoms with E-state index in [9.17, 15) is 14.4 Å². The van der Waals surface area contributed by atoms with Crippen molar-refractivity contribution in [2.45, 2.75) is 71.3 Å². The summed E-state index contributed by atoms with van der Waals surface area (Å²) in [6, 6.07) is 18.1. The molecular weight excluding hydrogens is 534 g/mol. The number of carbonyl (C=O) groups excluding carboxylic acids is 3. The number of rotatable bonds is 14. The highest BCUT2D eigenvalue weighted by molar-refractivity contribution is 7.09. The molecule has 3 aromatic rings. The minimum atomic E-state index is -0.271. The number of hydrogen-bond acceptors (Lipinski definition) is 6. The summed E-state index contributed by atoms with van der Waals surface area (Å²) in [5.74, 6) is 0.166. The predicted molar refractivity (Wildman–Crippen MR) is 164 cm³/mol. The van der Waals surface area contributed by atoms with E-state index in [0.29, 0.717) is 30.4 Å². The number of thiophene rings is 1. The van der Waals surface area contributed by atoms with Crippen LogP contribution < -0.4 is 15.4 Å². The maximum atomic E-state index is 12.6. The Morgan fingerprint density at radius 2 is 1.88 bits per heavy atom. The van der Waals surface area contributed by atoms with Crippen LogP contribution in [0.5, 0.6) is 5.75 Å². The van der Waals surface area contributed by atoms with Gasteiger partial charge >= 0.3 is 5.97 Å². The molecular formula is C33H41N3O4S. The molecule has 4 rings (SSSR count). The summed E-state index contributed by atoms with van der Waals surface area (Å²) < 4.78 is 5.80. The smallest absolute Gasteiger partial charge is 0.311 e. The maximum absolute atomic E-state index is 12.6. The molecule has 2 N–H and O–H groups in total. The van der Waals surface area contributed by atoms with Crippen LogP contribution in [0.3, 0.4) is 0 Å². The van der Waals surface area contributed by atoms with Crippen LogP contribution in [0.4, 0.5) is 5.69 Å². The SMILES string of the molecule is CCCN(CCc1cccs1)[C@H]1CCc2c(cccc2OC(=O)CCCNC(=O)Cc2ccc(NC(C)=O)cc2)C1. The van der Waals surface area contributed by atoms with Gasteiger partial charge < -0.3 is 15.4 Å². The van der Waals surface area contributed by atoms with Crippen molar-refractivity contribution in [2.24, 2.45) is 0 Å². The van der Waals surface area contributed by atoms with Gasteiger partial charge in [0.25, 0.3) is 0 Å². The van der Waals surface area contributed by atoms with Crippen molar-refractivity contribution < 1.29 is 19.1 Å². The molecule has 0 spiro atoms. The highest BCUT2D eigenvalue weighted by atomic mass is 32.1. The van der Waals surface area contributed by atoms with E-state index in [1.807, 2.05) is 35.6 Å². The molecule has 218 valence electrons. The third-order valence-corrected chi connectivity index (χ3v) is 8.34. The molecule has 1 aliphatic rings. The number of anilines is 1. The first-order chi connectivity index (χ1) is 19.9. The van der Waals surface area contributed by atoms with E-state index in [2.05, 4.69) is 46.0 Å². The Kier molecular flexibility index (Phi) is 11.5. The van der Waals surface area contributed by atoms with Crippen LogP contribution in [0.2, 0.25) is 0 Å². The van der Waals surface area contributed by atoms with Crippen LogP contribution in [-0.2, 0) is 40.1 Å². The van der Waals surface area contributed by atoms with Crippen LogP contribution in [-0.4, -0.2) is 48.4 Å². The number of fused-ring (bicyclic) bond motifs is 1. The lowest BCUT2D eigenvalue weighted by molar-refractivity contribution is -0.134. The lowest BCUT2D eigenvalue weighted by atomic mass is 9.86. The molecule has 41 heavy (non-hydrogen) atoms. The van der Waals surface area contributed by atoms with Gasteiger partial charge in [-0.1, -0.05) is 37.3 Å². The molecule has 0 radical (unpaired) electrons. The summed E-state index contributed by atoms with van der Waals surface area (Å²) in [5.41, 5.74) is 3.99. The largest absolute Gasteiger partial charge is 0.426 e. The van der Waals surface area contributed by atoms with Crippen molar-refractivity contribution in [3.63, 3.8) is 0 Å². The average molecular weight is 576 g/mol. The first-order valence-corrected chi connectivity index (χ1v) is 15.5. The number of nitrogens with zero attached hydrogens (tertiary/aromatic N) is 1. The first-order valence-electron chi connectivity index (χ1n) is 14.6. The molecule has 1 aliphatic carbocycles. The molecule has 2 aromatic carbocycles. The highest BCUT2D eigenvalue weighted by Crippen LogP contribution is 2.32. The Hall–Kier alpha value is -3.49. The van der Waals surface area contributed by atoms with E-state index in [1.54, 1.807) is 12.1 Å².